The Hall–Kier alpha value is -1.47. The lowest BCUT2D eigenvalue weighted by Crippen LogP contribution is -2.33. The number of phenols is 1. The minimum atomic E-state index is -4.01. The van der Waals surface area contributed by atoms with E-state index in [1.54, 1.807) is 0 Å². The summed E-state index contributed by atoms with van der Waals surface area (Å²) in [5.74, 6) is -1.19. The van der Waals surface area contributed by atoms with Crippen LogP contribution in [0, 0.1) is 0 Å². The van der Waals surface area contributed by atoms with Crippen LogP contribution in [0.4, 0.5) is 5.69 Å². The first-order valence-corrected chi connectivity index (χ1v) is 6.78. The lowest BCUT2D eigenvalue weighted by atomic mass is 10.3. The number of aromatic hydroxyl groups is 1. The van der Waals surface area contributed by atoms with E-state index in [0.717, 1.165) is 7.11 Å². The number of anilines is 1. The smallest absolute Gasteiger partial charge is 0.325 e. The second kappa shape index (κ2) is 5.45. The van der Waals surface area contributed by atoms with Crippen LogP contribution in [-0.4, -0.2) is 31.9 Å². The van der Waals surface area contributed by atoms with Crippen LogP contribution in [0.25, 0.3) is 0 Å². The Morgan fingerprint density at radius 3 is 2.67 bits per heavy atom. The topological polar surface area (TPSA) is 92.7 Å². The van der Waals surface area contributed by atoms with Gasteiger partial charge in [0.1, 0.15) is 5.75 Å². The number of nitrogens with one attached hydrogen (secondary N) is 1. The summed E-state index contributed by atoms with van der Waals surface area (Å²) in [4.78, 5) is 11.2. The van der Waals surface area contributed by atoms with E-state index >= 15 is 0 Å². The number of ether oxygens (including phenoxy) is 1. The first-order chi connectivity index (χ1) is 8.27. The highest BCUT2D eigenvalue weighted by atomic mass is 35.5. The molecule has 0 bridgehead atoms. The van der Waals surface area contributed by atoms with Crippen molar-refractivity contribution in [3.63, 3.8) is 0 Å². The first kappa shape index (κ1) is 14.6. The standard InChI is InChI=1S/C10H12ClNO5S/c1-6(10(14)17-2)18(15,16)12-8-5-7(11)3-4-9(8)13/h3-6,12-13H,1-2H3. The van der Waals surface area contributed by atoms with Gasteiger partial charge in [0.2, 0.25) is 10.0 Å². The number of methoxy groups -OCH3 is 1. The SMILES string of the molecule is COC(=O)C(C)S(=O)(=O)Nc1cc(Cl)ccc1O. The van der Waals surface area contributed by atoms with Gasteiger partial charge in [-0.2, -0.15) is 0 Å². The van der Waals surface area contributed by atoms with Crippen LogP contribution in [-0.2, 0) is 19.6 Å². The van der Waals surface area contributed by atoms with E-state index in [9.17, 15) is 18.3 Å². The molecule has 1 unspecified atom stereocenters. The molecule has 0 spiro atoms. The summed E-state index contributed by atoms with van der Waals surface area (Å²) in [6.45, 7) is 1.18. The van der Waals surface area contributed by atoms with Crippen molar-refractivity contribution < 1.29 is 23.1 Å². The first-order valence-electron chi connectivity index (χ1n) is 4.86. The third-order valence-electron chi connectivity index (χ3n) is 2.21. The highest BCUT2D eigenvalue weighted by molar-refractivity contribution is 7.94. The van der Waals surface area contributed by atoms with Gasteiger partial charge in [-0.25, -0.2) is 8.42 Å². The zero-order chi connectivity index (χ0) is 13.9. The summed E-state index contributed by atoms with van der Waals surface area (Å²) in [5.41, 5.74) is -0.0988. The van der Waals surface area contributed by atoms with Gasteiger partial charge in [-0.15, -0.1) is 0 Å². The molecule has 0 amide bonds. The van der Waals surface area contributed by atoms with Crippen LogP contribution >= 0.6 is 11.6 Å². The Bertz CT molecular complexity index is 557. The van der Waals surface area contributed by atoms with Crippen molar-refractivity contribution in [2.75, 3.05) is 11.8 Å². The molecule has 0 aliphatic carbocycles. The molecule has 0 heterocycles. The zero-order valence-corrected chi connectivity index (χ0v) is 11.2. The number of sulfonamides is 1. The number of hydrogen-bond acceptors (Lipinski definition) is 5. The summed E-state index contributed by atoms with van der Waals surface area (Å²) in [5, 5.41) is 8.32. The van der Waals surface area contributed by atoms with Crippen LogP contribution < -0.4 is 4.72 Å². The lowest BCUT2D eigenvalue weighted by molar-refractivity contribution is -0.139. The molecule has 0 aliphatic rings. The van der Waals surface area contributed by atoms with Crippen molar-refractivity contribution in [1.82, 2.24) is 0 Å². The molecular formula is C10H12ClNO5S. The third kappa shape index (κ3) is 3.27. The number of carbonyl (C=O) groups excluding carboxylic acids is 1. The van der Waals surface area contributed by atoms with Crippen molar-refractivity contribution in [2.45, 2.75) is 12.2 Å². The Morgan fingerprint density at radius 2 is 2.11 bits per heavy atom. The molecule has 2 N–H and O–H groups in total. The van der Waals surface area contributed by atoms with Gasteiger partial charge in [0.25, 0.3) is 0 Å². The van der Waals surface area contributed by atoms with Gasteiger partial charge in [0.15, 0.2) is 5.25 Å². The van der Waals surface area contributed by atoms with Gasteiger partial charge >= 0.3 is 5.97 Å². The molecule has 0 saturated carbocycles. The van der Waals surface area contributed by atoms with Crippen molar-refractivity contribution in [3.8, 4) is 5.75 Å². The number of esters is 1. The number of carbonyl (C=O) groups is 1. The summed E-state index contributed by atoms with van der Waals surface area (Å²) >= 11 is 5.68. The van der Waals surface area contributed by atoms with E-state index in [0.29, 0.717) is 0 Å². The van der Waals surface area contributed by atoms with Gasteiger partial charge in [0.05, 0.1) is 12.8 Å². The van der Waals surface area contributed by atoms with Gasteiger partial charge in [-0.3, -0.25) is 9.52 Å². The molecule has 1 aromatic carbocycles. The molecule has 100 valence electrons. The molecule has 1 atom stereocenters. The number of rotatable bonds is 4. The molecule has 0 aromatic heterocycles. The van der Waals surface area contributed by atoms with E-state index in [-0.39, 0.29) is 16.5 Å². The highest BCUT2D eigenvalue weighted by Gasteiger charge is 2.29. The Morgan fingerprint density at radius 1 is 1.50 bits per heavy atom. The monoisotopic (exact) mass is 293 g/mol. The number of halogens is 1. The molecule has 1 rings (SSSR count). The molecule has 8 heteroatoms. The fourth-order valence-corrected chi connectivity index (χ4v) is 2.29. The van der Waals surface area contributed by atoms with Gasteiger partial charge in [0, 0.05) is 5.02 Å². The number of hydrogen-bond donors (Lipinski definition) is 2. The molecule has 0 fully saturated rings. The van der Waals surface area contributed by atoms with Gasteiger partial charge < -0.3 is 9.84 Å². The van der Waals surface area contributed by atoms with Crippen LogP contribution in [0.5, 0.6) is 5.75 Å². The van der Waals surface area contributed by atoms with Crippen LogP contribution in [0.2, 0.25) is 5.02 Å². The average Bonchev–Trinajstić information content (AvgIpc) is 2.31. The Balaban J connectivity index is 3.02. The fraction of sp³-hybridized carbons (Fsp3) is 0.300. The number of benzene rings is 1. The lowest BCUT2D eigenvalue weighted by Gasteiger charge is -2.13. The summed E-state index contributed by atoms with van der Waals surface area (Å²) in [6.07, 6.45) is 0. The van der Waals surface area contributed by atoms with Crippen LogP contribution in [0.1, 0.15) is 6.92 Å². The molecular weight excluding hydrogens is 282 g/mol. The van der Waals surface area contributed by atoms with Crippen molar-refractivity contribution in [3.05, 3.63) is 23.2 Å². The Kier molecular flexibility index (Phi) is 4.42. The normalized spacial score (nSPS) is 12.8. The minimum absolute atomic E-state index is 0.0988. The molecule has 1 aromatic rings. The molecule has 6 nitrogen and oxygen atoms in total. The van der Waals surface area contributed by atoms with Crippen molar-refractivity contribution in [1.29, 1.82) is 0 Å². The van der Waals surface area contributed by atoms with Crippen molar-refractivity contribution in [2.24, 2.45) is 0 Å². The molecule has 0 aliphatic heterocycles. The molecule has 18 heavy (non-hydrogen) atoms. The fourth-order valence-electron chi connectivity index (χ4n) is 1.12. The third-order valence-corrected chi connectivity index (χ3v) is 4.07. The minimum Gasteiger partial charge on any atom is -0.506 e. The predicted octanol–water partition coefficient (Wildman–Crippen LogP) is 1.35. The second-order valence-electron chi connectivity index (χ2n) is 3.47. The van der Waals surface area contributed by atoms with Crippen LogP contribution in [0.3, 0.4) is 0 Å². The van der Waals surface area contributed by atoms with Gasteiger partial charge in [-0.05, 0) is 25.1 Å². The van der Waals surface area contributed by atoms with Crippen molar-refractivity contribution >= 4 is 33.3 Å². The van der Waals surface area contributed by atoms with Gasteiger partial charge in [-0.1, -0.05) is 11.6 Å². The van der Waals surface area contributed by atoms with E-state index in [4.69, 9.17) is 11.6 Å². The maximum atomic E-state index is 11.8. The summed E-state index contributed by atoms with van der Waals surface area (Å²) in [7, 11) is -2.92. The molecule has 0 radical (unpaired) electrons. The molecule has 0 saturated heterocycles. The average molecular weight is 294 g/mol. The second-order valence-corrected chi connectivity index (χ2v) is 5.91. The predicted molar refractivity (Wildman–Crippen MR) is 67.1 cm³/mol. The zero-order valence-electron chi connectivity index (χ0n) is 9.68. The van der Waals surface area contributed by atoms with E-state index in [1.165, 1.54) is 25.1 Å². The largest absolute Gasteiger partial charge is 0.506 e. The Labute approximate surface area is 110 Å². The van der Waals surface area contributed by atoms with Crippen LogP contribution in [0.15, 0.2) is 18.2 Å². The summed E-state index contributed by atoms with van der Waals surface area (Å²) in [6, 6.07) is 3.87. The van der Waals surface area contributed by atoms with E-state index in [2.05, 4.69) is 9.46 Å². The highest BCUT2D eigenvalue weighted by Crippen LogP contribution is 2.28. The van der Waals surface area contributed by atoms with E-state index in [1.807, 2.05) is 0 Å². The maximum absolute atomic E-state index is 11.8. The maximum Gasteiger partial charge on any atom is 0.325 e. The van der Waals surface area contributed by atoms with E-state index < -0.39 is 21.2 Å². The quantitative estimate of drug-likeness (QED) is 0.646. The number of phenolic OH excluding ortho intramolecular Hbond substituents is 1. The summed E-state index contributed by atoms with van der Waals surface area (Å²) < 4.78 is 30.0.